The molecule has 0 aliphatic carbocycles. The Morgan fingerprint density at radius 1 is 0.488 bits per heavy atom. The molecule has 3 nitrogen and oxygen atoms in total. The largest absolute Gasteiger partial charge is 0.292 e. The Hall–Kier alpha value is -5.10. The lowest BCUT2D eigenvalue weighted by Gasteiger charge is -2.14. The van der Waals surface area contributed by atoms with Gasteiger partial charge < -0.3 is 0 Å². The van der Waals surface area contributed by atoms with Crippen LogP contribution in [0.3, 0.4) is 0 Å². The molecule has 0 radical (unpaired) electrons. The summed E-state index contributed by atoms with van der Waals surface area (Å²) in [5, 5.41) is 8.53. The van der Waals surface area contributed by atoms with Crippen molar-refractivity contribution >= 4 is 95.9 Å². The Balaban J connectivity index is 1.42. The molecule has 0 aliphatic heterocycles. The van der Waals surface area contributed by atoms with Gasteiger partial charge in [-0.05, 0) is 47.2 Å². The van der Waals surface area contributed by atoms with Crippen LogP contribution in [0.25, 0.3) is 90.3 Å². The van der Waals surface area contributed by atoms with Crippen molar-refractivity contribution in [2.24, 2.45) is 0 Å². The summed E-state index contributed by atoms with van der Waals surface area (Å²) in [5.74, 6) is 0.864. The normalized spacial score (nSPS) is 12.2. The van der Waals surface area contributed by atoms with Crippen molar-refractivity contribution in [3.8, 4) is 17.1 Å². The maximum absolute atomic E-state index is 5.53. The molecule has 0 fully saturated rings. The van der Waals surface area contributed by atoms with Crippen LogP contribution in [0.15, 0.2) is 127 Å². The Labute approximate surface area is 253 Å². The highest BCUT2D eigenvalue weighted by atomic mass is 32.1. The highest BCUT2D eigenvalue weighted by Crippen LogP contribution is 2.44. The molecule has 0 amide bonds. The molecule has 10 rings (SSSR count). The number of rotatable bonds is 2. The van der Waals surface area contributed by atoms with Gasteiger partial charge in [-0.3, -0.25) is 4.57 Å². The molecule has 0 saturated heterocycles. The number of fused-ring (bicyclic) bond motifs is 10. The average molecular weight is 584 g/mol. The predicted molar refractivity (Wildman–Crippen MR) is 185 cm³/mol. The summed E-state index contributed by atoms with van der Waals surface area (Å²) in [6.07, 6.45) is 0. The van der Waals surface area contributed by atoms with Crippen LogP contribution in [0.2, 0.25) is 0 Å². The molecular weight excluding hydrogens is 563 g/mol. The molecule has 0 unspecified atom stereocenters. The minimum atomic E-state index is 0.864. The first-order valence-electron chi connectivity index (χ1n) is 14.3. The Bertz CT molecular complexity index is 2750. The van der Waals surface area contributed by atoms with Gasteiger partial charge in [0, 0.05) is 46.6 Å². The van der Waals surface area contributed by atoms with Gasteiger partial charge in [0.25, 0.3) is 0 Å². The van der Waals surface area contributed by atoms with Crippen molar-refractivity contribution in [2.45, 2.75) is 0 Å². The highest BCUT2D eigenvalue weighted by molar-refractivity contribution is 7.26. The molecule has 4 aromatic heterocycles. The fraction of sp³-hybridized carbons (Fsp3) is 0. The van der Waals surface area contributed by atoms with E-state index < -0.39 is 0 Å². The lowest BCUT2D eigenvalue weighted by Crippen LogP contribution is -2.03. The van der Waals surface area contributed by atoms with E-state index in [1.54, 1.807) is 11.3 Å². The summed E-state index contributed by atoms with van der Waals surface area (Å²) >= 11 is 3.55. The fourth-order valence-corrected chi connectivity index (χ4v) is 8.85. The number of hydrogen-bond donors (Lipinski definition) is 0. The van der Waals surface area contributed by atoms with Crippen LogP contribution >= 0.6 is 22.7 Å². The molecule has 43 heavy (non-hydrogen) atoms. The van der Waals surface area contributed by atoms with Gasteiger partial charge in [0.1, 0.15) is 16.0 Å². The van der Waals surface area contributed by atoms with E-state index in [-0.39, 0.29) is 0 Å². The van der Waals surface area contributed by atoms with Gasteiger partial charge >= 0.3 is 0 Å². The van der Waals surface area contributed by atoms with Gasteiger partial charge in [-0.2, -0.15) is 0 Å². The second-order valence-electron chi connectivity index (χ2n) is 11.0. The highest BCUT2D eigenvalue weighted by Gasteiger charge is 2.23. The molecule has 0 saturated carbocycles. The van der Waals surface area contributed by atoms with Crippen molar-refractivity contribution in [1.82, 2.24) is 14.5 Å². The first kappa shape index (κ1) is 23.5. The smallest absolute Gasteiger partial charge is 0.166 e. The van der Waals surface area contributed by atoms with E-state index in [4.69, 9.17) is 9.97 Å². The van der Waals surface area contributed by atoms with Crippen molar-refractivity contribution < 1.29 is 0 Å². The predicted octanol–water partition coefficient (Wildman–Crippen LogP) is 11.1. The standard InChI is InChI=1S/C38H21N3S2/c1-2-11-23-21-30-28(20-22(23)10-1)24-12-3-6-16-29(24)41(30)37-35(39-36-26-14-5-8-18-32(26)43-38(36)40-37)27-15-9-19-33-34(27)25-13-4-7-17-31(25)42-33/h1-21H. The molecule has 0 spiro atoms. The minimum Gasteiger partial charge on any atom is -0.292 e. The maximum Gasteiger partial charge on any atom is 0.166 e. The maximum atomic E-state index is 5.53. The molecule has 10 aromatic rings. The first-order chi connectivity index (χ1) is 21.3. The zero-order valence-corrected chi connectivity index (χ0v) is 24.4. The summed E-state index contributed by atoms with van der Waals surface area (Å²) in [5.41, 5.74) is 5.24. The Morgan fingerprint density at radius 2 is 1.16 bits per heavy atom. The van der Waals surface area contributed by atoms with E-state index in [0.29, 0.717) is 0 Å². The van der Waals surface area contributed by atoms with Crippen LogP contribution in [0.5, 0.6) is 0 Å². The van der Waals surface area contributed by atoms with Crippen molar-refractivity contribution in [2.75, 3.05) is 0 Å². The number of para-hydroxylation sites is 1. The van der Waals surface area contributed by atoms with Gasteiger partial charge in [-0.1, -0.05) is 91.0 Å². The second-order valence-corrected chi connectivity index (χ2v) is 13.1. The van der Waals surface area contributed by atoms with Gasteiger partial charge in [-0.15, -0.1) is 22.7 Å². The number of thiophene rings is 2. The van der Waals surface area contributed by atoms with Crippen molar-refractivity contribution in [1.29, 1.82) is 0 Å². The molecule has 5 heteroatoms. The summed E-state index contributed by atoms with van der Waals surface area (Å²) < 4.78 is 6.09. The lowest BCUT2D eigenvalue weighted by molar-refractivity contribution is 1.09. The quantitative estimate of drug-likeness (QED) is 0.203. The van der Waals surface area contributed by atoms with Gasteiger partial charge in [-0.25, -0.2) is 9.97 Å². The summed E-state index contributed by atoms with van der Waals surface area (Å²) in [7, 11) is 0. The van der Waals surface area contributed by atoms with Crippen LogP contribution < -0.4 is 0 Å². The van der Waals surface area contributed by atoms with Crippen LogP contribution in [0, 0.1) is 0 Å². The second kappa shape index (κ2) is 8.71. The third-order valence-corrected chi connectivity index (χ3v) is 10.8. The van der Waals surface area contributed by atoms with E-state index in [1.807, 2.05) is 11.3 Å². The van der Waals surface area contributed by atoms with Gasteiger partial charge in [0.15, 0.2) is 5.82 Å². The van der Waals surface area contributed by atoms with Crippen molar-refractivity contribution in [3.63, 3.8) is 0 Å². The first-order valence-corrected chi connectivity index (χ1v) is 16.0. The van der Waals surface area contributed by atoms with E-state index in [0.717, 1.165) is 43.8 Å². The molecular formula is C38H21N3S2. The molecule has 6 aromatic carbocycles. The van der Waals surface area contributed by atoms with Crippen LogP contribution in [-0.4, -0.2) is 14.5 Å². The molecule has 0 aliphatic rings. The topological polar surface area (TPSA) is 30.7 Å². The monoisotopic (exact) mass is 583 g/mol. The van der Waals surface area contributed by atoms with Crippen LogP contribution in [0.1, 0.15) is 0 Å². The third kappa shape index (κ3) is 3.29. The van der Waals surface area contributed by atoms with E-state index in [1.165, 1.54) is 46.4 Å². The molecule has 0 bridgehead atoms. The zero-order chi connectivity index (χ0) is 28.1. The van der Waals surface area contributed by atoms with Gasteiger partial charge in [0.2, 0.25) is 0 Å². The summed E-state index contributed by atoms with van der Waals surface area (Å²) in [6, 6.07) is 45.7. The SMILES string of the molecule is c1ccc2cc3c(cc2c1)c1ccccc1n3-c1nc2sc3ccccc3c2nc1-c1cccc2sc3ccccc3c12. The Kier molecular flexibility index (Phi) is 4.75. The van der Waals surface area contributed by atoms with Crippen LogP contribution in [-0.2, 0) is 0 Å². The van der Waals surface area contributed by atoms with E-state index in [9.17, 15) is 0 Å². The summed E-state index contributed by atoms with van der Waals surface area (Å²) in [4.78, 5) is 12.0. The molecule has 0 atom stereocenters. The Morgan fingerprint density at radius 3 is 2.02 bits per heavy atom. The minimum absolute atomic E-state index is 0.864. The number of benzene rings is 6. The molecule has 0 N–H and O–H groups in total. The summed E-state index contributed by atoms with van der Waals surface area (Å²) in [6.45, 7) is 0. The zero-order valence-electron chi connectivity index (χ0n) is 22.8. The van der Waals surface area contributed by atoms with Crippen LogP contribution in [0.4, 0.5) is 0 Å². The molecule has 4 heterocycles. The fourth-order valence-electron chi connectivity index (χ4n) is 6.71. The third-order valence-electron chi connectivity index (χ3n) is 8.60. The van der Waals surface area contributed by atoms with E-state index >= 15 is 0 Å². The van der Waals surface area contributed by atoms with Crippen molar-refractivity contribution in [3.05, 3.63) is 127 Å². The van der Waals surface area contributed by atoms with E-state index in [2.05, 4.69) is 132 Å². The lowest BCUT2D eigenvalue weighted by atomic mass is 10.0. The molecule has 200 valence electrons. The average Bonchev–Trinajstić information content (AvgIpc) is 3.72. The number of aromatic nitrogens is 3. The number of hydrogen-bond acceptors (Lipinski definition) is 4. The number of nitrogens with zero attached hydrogens (tertiary/aromatic N) is 3. The van der Waals surface area contributed by atoms with Gasteiger partial charge in [0.05, 0.1) is 11.0 Å².